The fraction of sp³-hybridized carbons (Fsp3) is 0.111. The number of aliphatic hydroxyl groups excluding tert-OH is 1. The molecular weight excluding hydrogens is 220 g/mol. The molecule has 0 bridgehead atoms. The second-order valence-electron chi connectivity index (χ2n) is 2.74. The lowest BCUT2D eigenvalue weighted by atomic mass is 10.1. The van der Waals surface area contributed by atoms with Gasteiger partial charge < -0.3 is 5.11 Å². The van der Waals surface area contributed by atoms with E-state index in [-0.39, 0.29) is 0 Å². The van der Waals surface area contributed by atoms with Gasteiger partial charge in [0.15, 0.2) is 0 Å². The predicted octanol–water partition coefficient (Wildman–Crippen LogP) is 2.27. The Hall–Kier alpha value is -0.970. The van der Waals surface area contributed by atoms with E-state index >= 15 is 0 Å². The molecule has 0 amide bonds. The molecule has 0 spiro atoms. The monoisotopic (exact) mass is 226 g/mol. The van der Waals surface area contributed by atoms with Crippen LogP contribution in [0, 0.1) is 0 Å². The fourth-order valence-corrected chi connectivity index (χ4v) is 1.89. The minimum Gasteiger partial charge on any atom is -0.383 e. The van der Waals surface area contributed by atoms with Crippen LogP contribution >= 0.6 is 23.1 Å². The van der Waals surface area contributed by atoms with E-state index in [0.717, 1.165) is 11.5 Å². The van der Waals surface area contributed by atoms with Gasteiger partial charge in [0.2, 0.25) is 0 Å². The Morgan fingerprint density at radius 1 is 1.36 bits per heavy atom. The molecule has 1 unspecified atom stereocenters. The molecule has 3 nitrogen and oxygen atoms in total. The van der Waals surface area contributed by atoms with E-state index in [1.165, 1.54) is 0 Å². The summed E-state index contributed by atoms with van der Waals surface area (Å²) in [4.78, 5) is 0.693. The van der Waals surface area contributed by atoms with Gasteiger partial charge in [-0.3, -0.25) is 0 Å². The normalized spacial score (nSPS) is 12.7. The highest BCUT2D eigenvalue weighted by molar-refractivity contribution is 7.05. The lowest BCUT2D eigenvalue weighted by Crippen LogP contribution is -1.97. The van der Waals surface area contributed by atoms with E-state index in [1.807, 2.05) is 12.1 Å². The number of halogens is 1. The first-order valence-electron chi connectivity index (χ1n) is 3.99. The van der Waals surface area contributed by atoms with Crippen molar-refractivity contribution in [2.45, 2.75) is 6.10 Å². The lowest BCUT2D eigenvalue weighted by molar-refractivity contribution is 0.224. The number of hydrogen-bond donors (Lipinski definition) is 1. The molecule has 1 aromatic heterocycles. The van der Waals surface area contributed by atoms with Crippen LogP contribution in [0.5, 0.6) is 0 Å². The van der Waals surface area contributed by atoms with Crippen LogP contribution in [0.25, 0.3) is 0 Å². The molecule has 0 fully saturated rings. The highest BCUT2D eigenvalue weighted by Crippen LogP contribution is 2.28. The topological polar surface area (TPSA) is 46.0 Å². The zero-order valence-electron chi connectivity index (χ0n) is 7.09. The summed E-state index contributed by atoms with van der Waals surface area (Å²) < 4.78 is 3.69. The Labute approximate surface area is 90.1 Å². The van der Waals surface area contributed by atoms with Gasteiger partial charge in [-0.25, -0.2) is 0 Å². The van der Waals surface area contributed by atoms with Gasteiger partial charge in [-0.05, 0) is 17.6 Å². The van der Waals surface area contributed by atoms with Crippen molar-refractivity contribution in [2.24, 2.45) is 0 Å². The van der Waals surface area contributed by atoms with E-state index in [2.05, 4.69) is 9.59 Å². The molecule has 0 aliphatic heterocycles. The molecule has 1 N–H and O–H groups in total. The van der Waals surface area contributed by atoms with Crippen LogP contribution in [0.1, 0.15) is 16.5 Å². The summed E-state index contributed by atoms with van der Waals surface area (Å²) in [5.41, 5.74) is 0.681. The number of benzene rings is 1. The van der Waals surface area contributed by atoms with E-state index in [9.17, 15) is 5.11 Å². The summed E-state index contributed by atoms with van der Waals surface area (Å²) in [7, 11) is 0. The van der Waals surface area contributed by atoms with Gasteiger partial charge in [0, 0.05) is 10.6 Å². The number of rotatable bonds is 2. The highest BCUT2D eigenvalue weighted by atomic mass is 35.5. The van der Waals surface area contributed by atoms with Crippen molar-refractivity contribution in [3.8, 4) is 0 Å². The average molecular weight is 227 g/mol. The number of aromatic nitrogens is 2. The van der Waals surface area contributed by atoms with Gasteiger partial charge in [0.25, 0.3) is 0 Å². The lowest BCUT2D eigenvalue weighted by Gasteiger charge is -2.08. The summed E-state index contributed by atoms with van der Waals surface area (Å²) in [6, 6.07) is 7.18. The van der Waals surface area contributed by atoms with Crippen LogP contribution in [-0.2, 0) is 0 Å². The van der Waals surface area contributed by atoms with Crippen molar-refractivity contribution < 1.29 is 5.11 Å². The highest BCUT2D eigenvalue weighted by Gasteiger charge is 2.15. The first kappa shape index (κ1) is 9.58. The molecule has 0 aliphatic rings. The third kappa shape index (κ3) is 1.77. The van der Waals surface area contributed by atoms with Crippen molar-refractivity contribution in [1.29, 1.82) is 0 Å². The van der Waals surface area contributed by atoms with Crippen LogP contribution < -0.4 is 0 Å². The Balaban J connectivity index is 2.37. The molecule has 2 aromatic rings. The van der Waals surface area contributed by atoms with Gasteiger partial charge in [0.1, 0.15) is 6.10 Å². The third-order valence-corrected chi connectivity index (χ3v) is 2.91. The van der Waals surface area contributed by atoms with Crippen LogP contribution in [0.2, 0.25) is 5.02 Å². The molecular formula is C9H7ClN2OS. The molecule has 72 valence electrons. The van der Waals surface area contributed by atoms with Crippen molar-refractivity contribution in [3.05, 3.63) is 45.9 Å². The summed E-state index contributed by atoms with van der Waals surface area (Å²) in [6.07, 6.45) is 0.808. The van der Waals surface area contributed by atoms with Gasteiger partial charge in [0.05, 0.1) is 11.1 Å². The van der Waals surface area contributed by atoms with Gasteiger partial charge in [-0.15, -0.1) is 5.10 Å². The quantitative estimate of drug-likeness (QED) is 0.855. The Bertz CT molecular complexity index is 419. The standard InChI is InChI=1S/C9H7ClN2OS/c10-7-4-2-1-3-6(7)9(13)8-5-11-12-14-8/h1-5,9,13H. The first-order chi connectivity index (χ1) is 6.79. The average Bonchev–Trinajstić information content (AvgIpc) is 2.70. The van der Waals surface area contributed by atoms with Crippen molar-refractivity contribution >= 4 is 23.1 Å². The maximum absolute atomic E-state index is 9.91. The Kier molecular flexibility index (Phi) is 2.77. The summed E-state index contributed by atoms with van der Waals surface area (Å²) in [5, 5.41) is 14.1. The Morgan fingerprint density at radius 3 is 2.79 bits per heavy atom. The molecule has 2 rings (SSSR count). The van der Waals surface area contributed by atoms with Gasteiger partial charge in [-0.1, -0.05) is 34.3 Å². The van der Waals surface area contributed by atoms with Gasteiger partial charge >= 0.3 is 0 Å². The van der Waals surface area contributed by atoms with Crippen LogP contribution in [0.3, 0.4) is 0 Å². The van der Waals surface area contributed by atoms with E-state index in [4.69, 9.17) is 11.6 Å². The SMILES string of the molecule is OC(c1cnns1)c1ccccc1Cl. The predicted molar refractivity (Wildman–Crippen MR) is 55.4 cm³/mol. The third-order valence-electron chi connectivity index (χ3n) is 1.85. The zero-order chi connectivity index (χ0) is 9.97. The molecule has 0 aliphatic carbocycles. The molecule has 1 heterocycles. The Morgan fingerprint density at radius 2 is 2.14 bits per heavy atom. The van der Waals surface area contributed by atoms with Gasteiger partial charge in [-0.2, -0.15) is 0 Å². The van der Waals surface area contributed by atoms with Crippen molar-refractivity contribution in [3.63, 3.8) is 0 Å². The second kappa shape index (κ2) is 4.04. The molecule has 0 saturated heterocycles. The largest absolute Gasteiger partial charge is 0.383 e. The van der Waals surface area contributed by atoms with E-state index in [1.54, 1.807) is 18.3 Å². The number of nitrogens with zero attached hydrogens (tertiary/aromatic N) is 2. The zero-order valence-corrected chi connectivity index (χ0v) is 8.66. The molecule has 1 aromatic carbocycles. The molecule has 0 saturated carbocycles. The fourth-order valence-electron chi connectivity index (χ4n) is 1.15. The summed E-state index contributed by atoms with van der Waals surface area (Å²) in [6.45, 7) is 0. The molecule has 0 radical (unpaired) electrons. The van der Waals surface area contributed by atoms with E-state index in [0.29, 0.717) is 15.5 Å². The molecule has 1 atom stereocenters. The second-order valence-corrected chi connectivity index (χ2v) is 3.97. The van der Waals surface area contributed by atoms with E-state index < -0.39 is 6.10 Å². The van der Waals surface area contributed by atoms with Crippen molar-refractivity contribution in [1.82, 2.24) is 9.59 Å². The number of hydrogen-bond acceptors (Lipinski definition) is 4. The molecule has 5 heteroatoms. The smallest absolute Gasteiger partial charge is 0.118 e. The maximum atomic E-state index is 9.91. The van der Waals surface area contributed by atoms with Crippen LogP contribution in [0.4, 0.5) is 0 Å². The minimum atomic E-state index is -0.733. The van der Waals surface area contributed by atoms with Crippen LogP contribution in [-0.4, -0.2) is 14.7 Å². The molecule has 14 heavy (non-hydrogen) atoms. The number of aliphatic hydroxyl groups is 1. The summed E-state index contributed by atoms with van der Waals surface area (Å²) >= 11 is 7.10. The maximum Gasteiger partial charge on any atom is 0.118 e. The van der Waals surface area contributed by atoms with Crippen LogP contribution in [0.15, 0.2) is 30.5 Å². The minimum absolute atomic E-state index is 0.549. The summed E-state index contributed by atoms with van der Waals surface area (Å²) in [5.74, 6) is 0. The first-order valence-corrected chi connectivity index (χ1v) is 5.14. The van der Waals surface area contributed by atoms with Crippen molar-refractivity contribution in [2.75, 3.05) is 0 Å².